The van der Waals surface area contributed by atoms with Crippen LogP contribution in [0.2, 0.25) is 0 Å². The predicted octanol–water partition coefficient (Wildman–Crippen LogP) is 3.80. The highest BCUT2D eigenvalue weighted by molar-refractivity contribution is 5.75. The van der Waals surface area contributed by atoms with Crippen molar-refractivity contribution >= 4 is 5.97 Å². The Balaban J connectivity index is 1.62. The zero-order valence-electron chi connectivity index (χ0n) is 16.4. The molecule has 0 spiro atoms. The Morgan fingerprint density at radius 2 is 2.04 bits per heavy atom. The Morgan fingerprint density at radius 1 is 1.30 bits per heavy atom. The summed E-state index contributed by atoms with van der Waals surface area (Å²) in [7, 11) is 0. The highest BCUT2D eigenvalue weighted by atomic mass is 16.5. The topological polar surface area (TPSA) is 56.1 Å². The smallest absolute Gasteiger partial charge is 0.311 e. The lowest BCUT2D eigenvalue weighted by atomic mass is 9.86. The number of piperidine rings is 1. The normalized spacial score (nSPS) is 20.8. The van der Waals surface area contributed by atoms with E-state index in [1.165, 1.54) is 11.1 Å². The van der Waals surface area contributed by atoms with Gasteiger partial charge in [-0.05, 0) is 58.2 Å². The number of nitrogens with one attached hydrogen (secondary N) is 1. The van der Waals surface area contributed by atoms with Gasteiger partial charge in [0, 0.05) is 12.0 Å². The van der Waals surface area contributed by atoms with Gasteiger partial charge in [-0.25, -0.2) is 4.98 Å². The molecule has 1 saturated heterocycles. The van der Waals surface area contributed by atoms with Crippen LogP contribution in [0.3, 0.4) is 0 Å². The Hall–Kier alpha value is -2.14. The second kappa shape index (κ2) is 7.12. The molecule has 1 aromatic carbocycles. The molecule has 2 aromatic rings. The lowest BCUT2D eigenvalue weighted by molar-refractivity contribution is -0.162. The van der Waals surface area contributed by atoms with Crippen LogP contribution in [0.4, 0.5) is 0 Å². The number of hydrogen-bond acceptors (Lipinski definition) is 4. The number of carbonyl (C=O) groups excluding carboxylic acids is 1. The van der Waals surface area contributed by atoms with Gasteiger partial charge >= 0.3 is 5.97 Å². The van der Waals surface area contributed by atoms with E-state index in [9.17, 15) is 4.79 Å². The lowest BCUT2D eigenvalue weighted by Crippen LogP contribution is -2.39. The van der Waals surface area contributed by atoms with Crippen LogP contribution in [0.15, 0.2) is 36.8 Å². The fraction of sp³-hybridized carbons (Fsp3) is 0.545. The van der Waals surface area contributed by atoms with E-state index >= 15 is 0 Å². The highest BCUT2D eigenvalue weighted by Crippen LogP contribution is 2.43. The fourth-order valence-electron chi connectivity index (χ4n) is 4.26. The van der Waals surface area contributed by atoms with Crippen LogP contribution in [0.1, 0.15) is 51.6 Å². The van der Waals surface area contributed by atoms with Gasteiger partial charge in [-0.2, -0.15) is 0 Å². The molecule has 144 valence electrons. The monoisotopic (exact) mass is 367 g/mol. The number of fused-ring (bicyclic) bond motifs is 3. The van der Waals surface area contributed by atoms with Crippen molar-refractivity contribution in [2.24, 2.45) is 11.3 Å². The number of imidazole rings is 1. The molecule has 1 N–H and O–H groups in total. The first-order valence-electron chi connectivity index (χ1n) is 9.98. The molecular formula is C22H29N3O2. The number of aromatic nitrogens is 2. The molecule has 1 fully saturated rings. The molecule has 5 heteroatoms. The zero-order chi connectivity index (χ0) is 19.0. The molecule has 1 aromatic heterocycles. The molecule has 2 aliphatic heterocycles. The van der Waals surface area contributed by atoms with Crippen LogP contribution in [0, 0.1) is 11.3 Å². The number of carbonyl (C=O) groups is 1. The molecule has 2 aliphatic rings. The van der Waals surface area contributed by atoms with Gasteiger partial charge < -0.3 is 14.6 Å². The van der Waals surface area contributed by atoms with Gasteiger partial charge in [0.2, 0.25) is 0 Å². The molecule has 27 heavy (non-hydrogen) atoms. The van der Waals surface area contributed by atoms with Crippen LogP contribution >= 0.6 is 0 Å². The molecule has 5 nitrogen and oxygen atoms in total. The molecule has 0 bridgehead atoms. The zero-order valence-corrected chi connectivity index (χ0v) is 16.4. The third-order valence-corrected chi connectivity index (χ3v) is 5.83. The van der Waals surface area contributed by atoms with Gasteiger partial charge in [-0.1, -0.05) is 24.3 Å². The standard InChI is InChI=1S/C22H29N3O2/c1-22(2,3)21(26)27-20(15-8-10-23-11-9-15)12-18-16-6-4-5-7-17(16)19-13-24-14-25(18)19/h4-7,13-15,18,20,23H,8-12H2,1-3H3/t18-,20+/m0/s1. The summed E-state index contributed by atoms with van der Waals surface area (Å²) >= 11 is 0. The molecule has 0 aliphatic carbocycles. The summed E-state index contributed by atoms with van der Waals surface area (Å²) < 4.78 is 8.36. The van der Waals surface area contributed by atoms with Crippen molar-refractivity contribution < 1.29 is 9.53 Å². The Morgan fingerprint density at radius 3 is 2.78 bits per heavy atom. The van der Waals surface area contributed by atoms with Crippen LogP contribution in [0.25, 0.3) is 11.3 Å². The quantitative estimate of drug-likeness (QED) is 0.835. The van der Waals surface area contributed by atoms with Crippen molar-refractivity contribution in [1.29, 1.82) is 0 Å². The predicted molar refractivity (Wildman–Crippen MR) is 105 cm³/mol. The van der Waals surface area contributed by atoms with E-state index in [2.05, 4.69) is 39.1 Å². The van der Waals surface area contributed by atoms with E-state index in [0.717, 1.165) is 38.0 Å². The number of nitrogens with zero attached hydrogens (tertiary/aromatic N) is 2. The fourth-order valence-corrected chi connectivity index (χ4v) is 4.26. The molecular weight excluding hydrogens is 338 g/mol. The SMILES string of the molecule is CC(C)(C)C(=O)O[C@H](C[C@H]1c2ccccc2-c2cncn21)C1CCNCC1. The summed E-state index contributed by atoms with van der Waals surface area (Å²) in [5, 5.41) is 3.42. The summed E-state index contributed by atoms with van der Waals surface area (Å²) in [6.07, 6.45) is 6.66. The van der Waals surface area contributed by atoms with Gasteiger partial charge in [-0.15, -0.1) is 0 Å². The Kier molecular flexibility index (Phi) is 4.81. The van der Waals surface area contributed by atoms with Gasteiger partial charge in [0.15, 0.2) is 0 Å². The number of ether oxygens (including phenoxy) is 1. The minimum absolute atomic E-state index is 0.0785. The Bertz CT molecular complexity index is 815. The highest BCUT2D eigenvalue weighted by Gasteiger charge is 2.36. The van der Waals surface area contributed by atoms with Crippen molar-refractivity contribution in [3.63, 3.8) is 0 Å². The van der Waals surface area contributed by atoms with Crippen molar-refractivity contribution in [1.82, 2.24) is 14.9 Å². The number of hydrogen-bond donors (Lipinski definition) is 1. The third kappa shape index (κ3) is 3.53. The molecule has 3 heterocycles. The average Bonchev–Trinajstić information content (AvgIpc) is 3.23. The van der Waals surface area contributed by atoms with Gasteiger partial charge in [0.05, 0.1) is 29.7 Å². The second-order valence-corrected chi connectivity index (χ2v) is 8.81. The van der Waals surface area contributed by atoms with Crippen LogP contribution in [-0.2, 0) is 9.53 Å². The third-order valence-electron chi connectivity index (χ3n) is 5.83. The number of esters is 1. The van der Waals surface area contributed by atoms with Gasteiger partial charge in [0.1, 0.15) is 6.10 Å². The molecule has 2 atom stereocenters. The molecule has 0 saturated carbocycles. The maximum Gasteiger partial charge on any atom is 0.311 e. The molecule has 4 rings (SSSR count). The van der Waals surface area contributed by atoms with E-state index in [1.54, 1.807) is 0 Å². The first-order valence-corrected chi connectivity index (χ1v) is 9.98. The molecule has 0 unspecified atom stereocenters. The molecule has 0 amide bonds. The van der Waals surface area contributed by atoms with Crippen LogP contribution in [-0.4, -0.2) is 34.7 Å². The summed E-state index contributed by atoms with van der Waals surface area (Å²) in [5.41, 5.74) is 3.22. The lowest BCUT2D eigenvalue weighted by Gasteiger charge is -2.34. The number of rotatable bonds is 4. The van der Waals surface area contributed by atoms with Gasteiger partial charge in [0.25, 0.3) is 0 Å². The number of benzene rings is 1. The maximum absolute atomic E-state index is 12.7. The summed E-state index contributed by atoms with van der Waals surface area (Å²) in [6, 6.07) is 8.68. The summed E-state index contributed by atoms with van der Waals surface area (Å²) in [5.74, 6) is 0.292. The van der Waals surface area contributed by atoms with Crippen LogP contribution < -0.4 is 5.32 Å². The summed E-state index contributed by atoms with van der Waals surface area (Å²) in [4.78, 5) is 17.0. The first kappa shape index (κ1) is 18.2. The van der Waals surface area contributed by atoms with E-state index in [0.29, 0.717) is 5.92 Å². The largest absolute Gasteiger partial charge is 0.462 e. The van der Waals surface area contributed by atoms with E-state index in [-0.39, 0.29) is 18.1 Å². The second-order valence-electron chi connectivity index (χ2n) is 8.81. The summed E-state index contributed by atoms with van der Waals surface area (Å²) in [6.45, 7) is 7.76. The van der Waals surface area contributed by atoms with Gasteiger partial charge in [-0.3, -0.25) is 4.79 Å². The minimum Gasteiger partial charge on any atom is -0.462 e. The van der Waals surface area contributed by atoms with Crippen molar-refractivity contribution in [2.75, 3.05) is 13.1 Å². The van der Waals surface area contributed by atoms with E-state index < -0.39 is 5.41 Å². The van der Waals surface area contributed by atoms with E-state index in [4.69, 9.17) is 4.74 Å². The first-order chi connectivity index (χ1) is 12.9. The van der Waals surface area contributed by atoms with Crippen molar-refractivity contribution in [3.8, 4) is 11.3 Å². The Labute approximate surface area is 161 Å². The van der Waals surface area contributed by atoms with Crippen molar-refractivity contribution in [3.05, 3.63) is 42.4 Å². The average molecular weight is 367 g/mol. The minimum atomic E-state index is -0.487. The molecule has 0 radical (unpaired) electrons. The maximum atomic E-state index is 12.7. The van der Waals surface area contributed by atoms with Crippen molar-refractivity contribution in [2.45, 2.75) is 52.2 Å². The van der Waals surface area contributed by atoms with E-state index in [1.807, 2.05) is 33.3 Å². The van der Waals surface area contributed by atoms with Crippen LogP contribution in [0.5, 0.6) is 0 Å².